The van der Waals surface area contributed by atoms with Gasteiger partial charge < -0.3 is 10.4 Å². The monoisotopic (exact) mass is 332 g/mol. The summed E-state index contributed by atoms with van der Waals surface area (Å²) in [4.78, 5) is 2.54. The topological polar surface area (TPSA) is 35.5 Å². The molecule has 120 valence electrons. The van der Waals surface area contributed by atoms with Gasteiger partial charge in [-0.3, -0.25) is 4.90 Å². The van der Waals surface area contributed by atoms with Crippen LogP contribution in [0.2, 0.25) is 0 Å². The van der Waals surface area contributed by atoms with Crippen LogP contribution in [0.4, 0.5) is 0 Å². The third-order valence-electron chi connectivity index (χ3n) is 4.39. The summed E-state index contributed by atoms with van der Waals surface area (Å²) in [5.74, 6) is 1.35. The zero-order chi connectivity index (χ0) is 13.2. The molecule has 1 aromatic carbocycles. The van der Waals surface area contributed by atoms with E-state index in [0.29, 0.717) is 11.8 Å². The predicted octanol–water partition coefficient (Wildman–Crippen LogP) is 3.29. The Morgan fingerprint density at radius 2 is 1.90 bits per heavy atom. The molecule has 0 radical (unpaired) electrons. The fourth-order valence-corrected chi connectivity index (χ4v) is 3.07. The minimum atomic E-state index is 0. The van der Waals surface area contributed by atoms with Gasteiger partial charge in [0.1, 0.15) is 5.75 Å². The van der Waals surface area contributed by atoms with Crippen LogP contribution in [0.15, 0.2) is 18.2 Å². The van der Waals surface area contributed by atoms with Crippen molar-refractivity contribution in [2.45, 2.75) is 32.2 Å². The predicted molar refractivity (Wildman–Crippen MR) is 91.9 cm³/mol. The molecule has 21 heavy (non-hydrogen) atoms. The lowest BCUT2D eigenvalue weighted by Gasteiger charge is -2.35. The quantitative estimate of drug-likeness (QED) is 0.888. The van der Waals surface area contributed by atoms with Crippen molar-refractivity contribution in [1.82, 2.24) is 10.2 Å². The number of nitrogens with zero attached hydrogens (tertiary/aromatic N) is 1. The van der Waals surface area contributed by atoms with E-state index < -0.39 is 0 Å². The molecule has 1 aromatic rings. The summed E-state index contributed by atoms with van der Waals surface area (Å²) in [6.45, 7) is 6.33. The molecule has 2 fully saturated rings. The minimum absolute atomic E-state index is 0. The number of hydrogen-bond donors (Lipinski definition) is 2. The average Bonchev–Trinajstić information content (AvgIpc) is 3.22. The Bertz CT molecular complexity index is 446. The summed E-state index contributed by atoms with van der Waals surface area (Å²) in [5, 5.41) is 13.7. The van der Waals surface area contributed by atoms with Crippen molar-refractivity contribution >= 4 is 24.8 Å². The maximum atomic E-state index is 10.3. The summed E-state index contributed by atoms with van der Waals surface area (Å²) in [6, 6.07) is 6.55. The molecule has 3 rings (SSSR count). The Hall–Kier alpha value is -0.480. The maximum Gasteiger partial charge on any atom is 0.120 e. The fourth-order valence-electron chi connectivity index (χ4n) is 3.07. The number of rotatable bonds is 4. The first-order valence-electron chi connectivity index (χ1n) is 7.48. The number of aromatic hydroxyl groups is 1. The Kier molecular flexibility index (Phi) is 7.28. The van der Waals surface area contributed by atoms with Gasteiger partial charge in [-0.1, -0.05) is 25.0 Å². The molecular weight excluding hydrogens is 307 g/mol. The summed E-state index contributed by atoms with van der Waals surface area (Å²) < 4.78 is 0. The molecule has 1 saturated heterocycles. The molecule has 2 N–H and O–H groups in total. The van der Waals surface area contributed by atoms with E-state index in [4.69, 9.17) is 0 Å². The molecule has 0 aromatic heterocycles. The van der Waals surface area contributed by atoms with E-state index in [-0.39, 0.29) is 24.8 Å². The van der Waals surface area contributed by atoms with E-state index in [9.17, 15) is 5.11 Å². The molecule has 0 unspecified atom stereocenters. The lowest BCUT2D eigenvalue weighted by molar-refractivity contribution is 0.158. The second-order valence-corrected chi connectivity index (χ2v) is 6.04. The number of halogens is 2. The highest BCUT2D eigenvalue weighted by Crippen LogP contribution is 2.42. The van der Waals surface area contributed by atoms with Gasteiger partial charge in [0.2, 0.25) is 0 Å². The molecular formula is C16H26Cl2N2O. The number of phenols is 1. The SMILES string of the molecule is Cc1ccc([C@@H](CC2CC2)N2CCNCC2)c(O)c1.Cl.Cl. The zero-order valence-corrected chi connectivity index (χ0v) is 14.2. The second-order valence-electron chi connectivity index (χ2n) is 6.04. The molecule has 1 saturated carbocycles. The Morgan fingerprint density at radius 3 is 2.48 bits per heavy atom. The number of nitrogens with one attached hydrogen (secondary N) is 1. The van der Waals surface area contributed by atoms with Crippen LogP contribution >= 0.6 is 24.8 Å². The van der Waals surface area contributed by atoms with Crippen LogP contribution in [-0.4, -0.2) is 36.2 Å². The molecule has 1 heterocycles. The maximum absolute atomic E-state index is 10.3. The van der Waals surface area contributed by atoms with Crippen LogP contribution in [-0.2, 0) is 0 Å². The first-order valence-corrected chi connectivity index (χ1v) is 7.48. The van der Waals surface area contributed by atoms with E-state index in [2.05, 4.69) is 22.3 Å². The number of piperazine rings is 1. The molecule has 1 aliphatic carbocycles. The van der Waals surface area contributed by atoms with E-state index in [1.165, 1.54) is 19.3 Å². The molecule has 0 bridgehead atoms. The molecule has 5 heteroatoms. The van der Waals surface area contributed by atoms with Gasteiger partial charge in [-0.15, -0.1) is 24.8 Å². The summed E-state index contributed by atoms with van der Waals surface area (Å²) in [7, 11) is 0. The van der Waals surface area contributed by atoms with Crippen molar-refractivity contribution in [3.63, 3.8) is 0 Å². The lowest BCUT2D eigenvalue weighted by atomic mass is 9.96. The van der Waals surface area contributed by atoms with Crippen LogP contribution in [0.25, 0.3) is 0 Å². The summed E-state index contributed by atoms with van der Waals surface area (Å²) in [5.41, 5.74) is 2.26. The number of benzene rings is 1. The van der Waals surface area contributed by atoms with Gasteiger partial charge in [-0.25, -0.2) is 0 Å². The van der Waals surface area contributed by atoms with E-state index in [1.54, 1.807) is 0 Å². The van der Waals surface area contributed by atoms with Crippen LogP contribution < -0.4 is 5.32 Å². The fraction of sp³-hybridized carbons (Fsp3) is 0.625. The Balaban J connectivity index is 0.00000110. The minimum Gasteiger partial charge on any atom is -0.508 e. The van der Waals surface area contributed by atoms with Crippen molar-refractivity contribution in [1.29, 1.82) is 0 Å². The van der Waals surface area contributed by atoms with Crippen molar-refractivity contribution in [2.24, 2.45) is 5.92 Å². The van der Waals surface area contributed by atoms with Gasteiger partial charge in [0.15, 0.2) is 0 Å². The first-order chi connectivity index (χ1) is 9.24. The molecule has 0 amide bonds. The average molecular weight is 333 g/mol. The summed E-state index contributed by atoms with van der Waals surface area (Å²) in [6.07, 6.45) is 3.95. The smallest absolute Gasteiger partial charge is 0.120 e. The number of phenolic OH excluding ortho intramolecular Hbond substituents is 1. The van der Waals surface area contributed by atoms with Gasteiger partial charge >= 0.3 is 0 Å². The van der Waals surface area contributed by atoms with Crippen LogP contribution in [0.3, 0.4) is 0 Å². The standard InChI is InChI=1S/C16H24N2O.2ClH/c1-12-2-5-14(16(19)10-12)15(11-13-3-4-13)18-8-6-17-7-9-18;;/h2,5,10,13,15,17,19H,3-4,6-9,11H2,1H3;2*1H/t15-;;/m1../s1. The van der Waals surface area contributed by atoms with Crippen LogP contribution in [0, 0.1) is 12.8 Å². The first kappa shape index (κ1) is 18.6. The third kappa shape index (κ3) is 4.75. The molecule has 1 aliphatic heterocycles. The van der Waals surface area contributed by atoms with E-state index in [1.807, 2.05) is 13.0 Å². The van der Waals surface area contributed by atoms with Gasteiger partial charge in [-0.05, 0) is 30.9 Å². The van der Waals surface area contributed by atoms with Crippen molar-refractivity contribution in [3.8, 4) is 5.75 Å². The third-order valence-corrected chi connectivity index (χ3v) is 4.39. The second kappa shape index (κ2) is 8.23. The van der Waals surface area contributed by atoms with Crippen LogP contribution in [0.5, 0.6) is 5.75 Å². The summed E-state index contributed by atoms with van der Waals surface area (Å²) >= 11 is 0. The van der Waals surface area contributed by atoms with Crippen molar-refractivity contribution < 1.29 is 5.11 Å². The van der Waals surface area contributed by atoms with Crippen LogP contribution in [0.1, 0.15) is 36.4 Å². The Labute approximate surface area is 139 Å². The highest BCUT2D eigenvalue weighted by Gasteiger charge is 2.31. The van der Waals surface area contributed by atoms with Crippen molar-refractivity contribution in [2.75, 3.05) is 26.2 Å². The zero-order valence-electron chi connectivity index (χ0n) is 12.5. The lowest BCUT2D eigenvalue weighted by Crippen LogP contribution is -2.45. The van der Waals surface area contributed by atoms with Gasteiger partial charge in [-0.2, -0.15) is 0 Å². The molecule has 1 atom stereocenters. The normalized spacial score (nSPS) is 20.2. The number of aryl methyl sites for hydroxylation is 1. The van der Waals surface area contributed by atoms with Gasteiger partial charge in [0, 0.05) is 37.8 Å². The highest BCUT2D eigenvalue weighted by atomic mass is 35.5. The number of hydrogen-bond acceptors (Lipinski definition) is 3. The Morgan fingerprint density at radius 1 is 1.24 bits per heavy atom. The largest absolute Gasteiger partial charge is 0.508 e. The highest BCUT2D eigenvalue weighted by molar-refractivity contribution is 5.85. The molecule has 2 aliphatic rings. The molecule has 0 spiro atoms. The van der Waals surface area contributed by atoms with Crippen molar-refractivity contribution in [3.05, 3.63) is 29.3 Å². The van der Waals surface area contributed by atoms with Gasteiger partial charge in [0.05, 0.1) is 0 Å². The van der Waals surface area contributed by atoms with Gasteiger partial charge in [0.25, 0.3) is 0 Å². The van der Waals surface area contributed by atoms with E-state index >= 15 is 0 Å². The molecule has 3 nitrogen and oxygen atoms in total. The van der Waals surface area contributed by atoms with E-state index in [0.717, 1.165) is 43.2 Å².